The first kappa shape index (κ1) is 19.8. The SMILES string of the molecule is CC(C)[C@@H]([NH2+]CC(=O)Nc1cc(Cl)ccc1[N+](=O)[O-])c1ccc(F)cc1. The maximum absolute atomic E-state index is 13.1. The molecule has 26 heavy (non-hydrogen) atoms. The fourth-order valence-corrected chi connectivity index (χ4v) is 2.85. The standard InChI is InChI=1S/C18H19ClFN3O3/c1-11(2)18(12-3-6-14(20)7-4-12)21-10-17(24)22-15-9-13(19)5-8-16(15)23(25)26/h3-9,11,18,21H,10H2,1-2H3,(H,22,24)/p+1/t18-/m1/s1. The van der Waals surface area contributed by atoms with E-state index in [9.17, 15) is 19.3 Å². The first-order valence-electron chi connectivity index (χ1n) is 8.10. The Labute approximate surface area is 155 Å². The van der Waals surface area contributed by atoms with Gasteiger partial charge in [-0.15, -0.1) is 0 Å². The molecule has 0 aliphatic carbocycles. The number of carbonyl (C=O) groups is 1. The third-order valence-electron chi connectivity index (χ3n) is 3.96. The summed E-state index contributed by atoms with van der Waals surface area (Å²) >= 11 is 5.85. The number of nitrogens with one attached hydrogen (secondary N) is 1. The summed E-state index contributed by atoms with van der Waals surface area (Å²) in [6, 6.07) is 10.1. The Morgan fingerprint density at radius 1 is 1.27 bits per heavy atom. The van der Waals surface area contributed by atoms with Gasteiger partial charge in [-0.3, -0.25) is 14.9 Å². The Kier molecular flexibility index (Phi) is 6.65. The van der Waals surface area contributed by atoms with Crippen LogP contribution in [0, 0.1) is 21.8 Å². The van der Waals surface area contributed by atoms with E-state index in [0.29, 0.717) is 5.02 Å². The number of nitrogens with zero attached hydrogens (tertiary/aromatic N) is 1. The average molecular weight is 381 g/mol. The molecule has 0 radical (unpaired) electrons. The molecule has 2 aromatic carbocycles. The zero-order valence-electron chi connectivity index (χ0n) is 14.4. The molecule has 138 valence electrons. The van der Waals surface area contributed by atoms with Crippen molar-refractivity contribution < 1.29 is 19.4 Å². The van der Waals surface area contributed by atoms with Crippen LogP contribution in [0.3, 0.4) is 0 Å². The molecule has 6 nitrogen and oxygen atoms in total. The van der Waals surface area contributed by atoms with Gasteiger partial charge in [0.2, 0.25) is 0 Å². The summed E-state index contributed by atoms with van der Waals surface area (Å²) in [6.45, 7) is 4.07. The molecule has 1 amide bonds. The maximum atomic E-state index is 13.1. The Morgan fingerprint density at radius 3 is 2.50 bits per heavy atom. The number of hydrogen-bond donors (Lipinski definition) is 2. The molecule has 0 spiro atoms. The van der Waals surface area contributed by atoms with Crippen molar-refractivity contribution in [3.63, 3.8) is 0 Å². The van der Waals surface area contributed by atoms with Gasteiger partial charge in [0.15, 0.2) is 6.54 Å². The smallest absolute Gasteiger partial charge is 0.292 e. The number of benzene rings is 2. The molecule has 0 aliphatic rings. The van der Waals surface area contributed by atoms with Gasteiger partial charge in [-0.05, 0) is 24.3 Å². The number of quaternary nitrogens is 1. The monoisotopic (exact) mass is 380 g/mol. The molecular formula is C18H20ClFN3O3+. The second-order valence-corrected chi connectivity index (χ2v) is 6.66. The molecule has 0 aliphatic heterocycles. The van der Waals surface area contributed by atoms with Gasteiger partial charge in [-0.25, -0.2) is 4.39 Å². The van der Waals surface area contributed by atoms with Gasteiger partial charge in [0, 0.05) is 22.6 Å². The lowest BCUT2D eigenvalue weighted by Crippen LogP contribution is -2.88. The van der Waals surface area contributed by atoms with Crippen LogP contribution >= 0.6 is 11.6 Å². The van der Waals surface area contributed by atoms with Crippen molar-refractivity contribution in [3.8, 4) is 0 Å². The van der Waals surface area contributed by atoms with E-state index in [1.54, 1.807) is 12.1 Å². The van der Waals surface area contributed by atoms with Crippen molar-refractivity contribution >= 4 is 28.9 Å². The number of carbonyl (C=O) groups excluding carboxylic acids is 1. The number of halogens is 2. The van der Waals surface area contributed by atoms with Gasteiger partial charge in [0.05, 0.1) is 4.92 Å². The van der Waals surface area contributed by atoms with Crippen LogP contribution in [-0.4, -0.2) is 17.4 Å². The zero-order valence-corrected chi connectivity index (χ0v) is 15.2. The summed E-state index contributed by atoms with van der Waals surface area (Å²) in [5.41, 5.74) is 0.744. The van der Waals surface area contributed by atoms with Crippen molar-refractivity contribution in [1.82, 2.24) is 0 Å². The lowest BCUT2D eigenvalue weighted by molar-refractivity contribution is -0.692. The summed E-state index contributed by atoms with van der Waals surface area (Å²) in [7, 11) is 0. The van der Waals surface area contributed by atoms with Crippen molar-refractivity contribution in [3.05, 3.63) is 69.0 Å². The highest BCUT2D eigenvalue weighted by Gasteiger charge is 2.22. The Bertz CT molecular complexity index is 797. The van der Waals surface area contributed by atoms with Crippen molar-refractivity contribution in [1.29, 1.82) is 0 Å². The van der Waals surface area contributed by atoms with E-state index in [1.165, 1.54) is 30.3 Å². The van der Waals surface area contributed by atoms with Crippen LogP contribution in [0.25, 0.3) is 0 Å². The molecule has 0 unspecified atom stereocenters. The molecule has 0 heterocycles. The van der Waals surface area contributed by atoms with Crippen LogP contribution in [0.2, 0.25) is 5.02 Å². The van der Waals surface area contributed by atoms with Gasteiger partial charge >= 0.3 is 0 Å². The minimum absolute atomic E-state index is 0.0457. The highest BCUT2D eigenvalue weighted by Crippen LogP contribution is 2.27. The van der Waals surface area contributed by atoms with Gasteiger partial charge in [0.1, 0.15) is 17.5 Å². The average Bonchev–Trinajstić information content (AvgIpc) is 2.56. The predicted octanol–water partition coefficient (Wildman–Crippen LogP) is 3.29. The maximum Gasteiger partial charge on any atom is 0.292 e. The van der Waals surface area contributed by atoms with E-state index in [4.69, 9.17) is 11.6 Å². The number of nitrogens with two attached hydrogens (primary N) is 1. The third kappa shape index (κ3) is 5.24. The second-order valence-electron chi connectivity index (χ2n) is 6.23. The number of nitro groups is 1. The van der Waals surface area contributed by atoms with Crippen molar-refractivity contribution in [2.45, 2.75) is 19.9 Å². The number of hydrogen-bond acceptors (Lipinski definition) is 3. The highest BCUT2D eigenvalue weighted by atomic mass is 35.5. The molecule has 8 heteroatoms. The second kappa shape index (κ2) is 8.73. The van der Waals surface area contributed by atoms with Crippen LogP contribution < -0.4 is 10.6 Å². The molecule has 0 saturated heterocycles. The molecule has 0 saturated carbocycles. The van der Waals surface area contributed by atoms with E-state index in [2.05, 4.69) is 5.32 Å². The van der Waals surface area contributed by atoms with Crippen molar-refractivity contribution in [2.24, 2.45) is 5.92 Å². The zero-order chi connectivity index (χ0) is 19.3. The summed E-state index contributed by atoms with van der Waals surface area (Å²) in [5.74, 6) is -0.501. The first-order chi connectivity index (χ1) is 12.3. The van der Waals surface area contributed by atoms with E-state index in [-0.39, 0.29) is 41.6 Å². The lowest BCUT2D eigenvalue weighted by Gasteiger charge is -2.19. The van der Waals surface area contributed by atoms with Gasteiger partial charge in [-0.2, -0.15) is 0 Å². The van der Waals surface area contributed by atoms with Gasteiger partial charge < -0.3 is 10.6 Å². The largest absolute Gasteiger partial charge is 0.332 e. The topological polar surface area (TPSA) is 88.8 Å². The quantitative estimate of drug-likeness (QED) is 0.570. The summed E-state index contributed by atoms with van der Waals surface area (Å²) in [5, 5.41) is 15.7. The summed E-state index contributed by atoms with van der Waals surface area (Å²) in [6.07, 6.45) is 0. The third-order valence-corrected chi connectivity index (χ3v) is 4.19. The number of anilines is 1. The molecule has 3 N–H and O–H groups in total. The normalized spacial score (nSPS) is 12.0. The van der Waals surface area contributed by atoms with E-state index >= 15 is 0 Å². The first-order valence-corrected chi connectivity index (χ1v) is 8.48. The Morgan fingerprint density at radius 2 is 1.92 bits per heavy atom. The fourth-order valence-electron chi connectivity index (χ4n) is 2.68. The molecule has 0 bridgehead atoms. The minimum atomic E-state index is -0.578. The minimum Gasteiger partial charge on any atom is -0.332 e. The number of rotatable bonds is 7. The van der Waals surface area contributed by atoms with Crippen molar-refractivity contribution in [2.75, 3.05) is 11.9 Å². The van der Waals surface area contributed by atoms with Gasteiger partial charge in [0.25, 0.3) is 11.6 Å². The van der Waals surface area contributed by atoms with E-state index in [0.717, 1.165) is 5.56 Å². The summed E-state index contributed by atoms with van der Waals surface area (Å²) < 4.78 is 13.1. The molecule has 1 atom stereocenters. The van der Waals surface area contributed by atoms with Crippen LogP contribution in [0.1, 0.15) is 25.5 Å². The van der Waals surface area contributed by atoms with Gasteiger partial charge in [-0.1, -0.05) is 37.6 Å². The lowest BCUT2D eigenvalue weighted by atomic mass is 9.96. The fraction of sp³-hybridized carbons (Fsp3) is 0.278. The Balaban J connectivity index is 2.06. The number of nitro benzene ring substituents is 1. The molecule has 2 rings (SSSR count). The van der Waals surface area contributed by atoms with E-state index in [1.807, 2.05) is 19.2 Å². The van der Waals surface area contributed by atoms with E-state index < -0.39 is 4.92 Å². The molecule has 0 aromatic heterocycles. The van der Waals surface area contributed by atoms with Crippen LogP contribution in [-0.2, 0) is 4.79 Å². The molecule has 0 fully saturated rings. The Hall–Kier alpha value is -2.51. The molecule has 2 aromatic rings. The van der Waals surface area contributed by atoms with Crippen LogP contribution in [0.4, 0.5) is 15.8 Å². The summed E-state index contributed by atoms with van der Waals surface area (Å²) in [4.78, 5) is 22.7. The van der Waals surface area contributed by atoms with Crippen LogP contribution in [0.5, 0.6) is 0 Å². The highest BCUT2D eigenvalue weighted by molar-refractivity contribution is 6.31. The number of amides is 1. The van der Waals surface area contributed by atoms with Crippen LogP contribution in [0.15, 0.2) is 42.5 Å². The predicted molar refractivity (Wildman–Crippen MR) is 97.5 cm³/mol. The molecular weight excluding hydrogens is 361 g/mol.